The molecule has 1 saturated carbocycles. The Hall–Kier alpha value is -1.04. The van der Waals surface area contributed by atoms with Crippen molar-refractivity contribution in [2.75, 3.05) is 0 Å². The van der Waals surface area contributed by atoms with E-state index >= 15 is 0 Å². The predicted octanol–water partition coefficient (Wildman–Crippen LogP) is 5.35. The van der Waals surface area contributed by atoms with E-state index in [0.29, 0.717) is 0 Å². The van der Waals surface area contributed by atoms with Gasteiger partial charge in [0.1, 0.15) is 0 Å². The molecule has 0 N–H and O–H groups in total. The lowest BCUT2D eigenvalue weighted by molar-refractivity contribution is 0.664. The van der Waals surface area contributed by atoms with Crippen molar-refractivity contribution in [3.05, 3.63) is 47.6 Å². The second-order valence-corrected chi connectivity index (χ2v) is 4.71. The molecule has 16 heavy (non-hydrogen) atoms. The van der Waals surface area contributed by atoms with E-state index in [1.54, 1.807) is 11.1 Å². The van der Waals surface area contributed by atoms with Gasteiger partial charge >= 0.3 is 0 Å². The van der Waals surface area contributed by atoms with Crippen molar-refractivity contribution < 1.29 is 0 Å². The summed E-state index contributed by atoms with van der Waals surface area (Å²) >= 11 is 0. The van der Waals surface area contributed by atoms with Gasteiger partial charge in [0, 0.05) is 0 Å². The first-order chi connectivity index (χ1) is 7.70. The quantitative estimate of drug-likeness (QED) is 0.556. The van der Waals surface area contributed by atoms with E-state index in [1.165, 1.54) is 36.8 Å². The maximum Gasteiger partial charge on any atom is -0.0138 e. The van der Waals surface area contributed by atoms with Crippen LogP contribution in [0.4, 0.5) is 0 Å². The van der Waals surface area contributed by atoms with E-state index in [0.717, 1.165) is 12.8 Å². The summed E-state index contributed by atoms with van der Waals surface area (Å²) in [6, 6.07) is 0. The highest BCUT2D eigenvalue weighted by molar-refractivity contribution is 5.40. The van der Waals surface area contributed by atoms with Gasteiger partial charge in [-0.2, -0.15) is 0 Å². The molecule has 0 atom stereocenters. The molecule has 0 heterocycles. The lowest BCUT2D eigenvalue weighted by Gasteiger charge is -2.23. The van der Waals surface area contributed by atoms with Crippen LogP contribution < -0.4 is 0 Å². The highest BCUT2D eigenvalue weighted by Crippen LogP contribution is 2.34. The molecule has 0 aromatic heterocycles. The molecule has 0 bridgehead atoms. The Labute approximate surface area is 100 Å². The third-order valence-corrected chi connectivity index (χ3v) is 3.40. The molecule has 88 valence electrons. The summed E-state index contributed by atoms with van der Waals surface area (Å²) in [7, 11) is 0. The summed E-state index contributed by atoms with van der Waals surface area (Å²) in [5.74, 6) is 0. The normalized spacial score (nSPS) is 22.6. The zero-order valence-corrected chi connectivity index (χ0v) is 10.8. The number of rotatable bonds is 4. The fourth-order valence-corrected chi connectivity index (χ4v) is 2.53. The van der Waals surface area contributed by atoms with Crippen molar-refractivity contribution in [2.45, 2.75) is 52.4 Å². The molecule has 0 aromatic carbocycles. The Morgan fingerprint density at radius 3 is 1.62 bits per heavy atom. The minimum Gasteiger partial charge on any atom is -0.103 e. The molecule has 1 rings (SSSR count). The molecule has 0 heteroatoms. The van der Waals surface area contributed by atoms with Crippen molar-refractivity contribution in [1.29, 1.82) is 0 Å². The van der Waals surface area contributed by atoms with E-state index in [2.05, 4.69) is 27.0 Å². The van der Waals surface area contributed by atoms with Crippen molar-refractivity contribution in [1.82, 2.24) is 0 Å². The van der Waals surface area contributed by atoms with Gasteiger partial charge in [0.25, 0.3) is 0 Å². The average Bonchev–Trinajstić information content (AvgIpc) is 2.30. The van der Waals surface area contributed by atoms with Crippen molar-refractivity contribution in [2.24, 2.45) is 0 Å². The van der Waals surface area contributed by atoms with E-state index in [4.69, 9.17) is 0 Å². The Balaban J connectivity index is 3.03. The number of hydrogen-bond donors (Lipinski definition) is 0. The molecule has 0 aromatic rings. The van der Waals surface area contributed by atoms with E-state index in [9.17, 15) is 0 Å². The van der Waals surface area contributed by atoms with Gasteiger partial charge in [0.05, 0.1) is 0 Å². The molecule has 1 aliphatic rings. The van der Waals surface area contributed by atoms with Crippen molar-refractivity contribution >= 4 is 0 Å². The second kappa shape index (κ2) is 6.52. The molecule has 0 spiro atoms. The summed E-state index contributed by atoms with van der Waals surface area (Å²) in [5.41, 5.74) is 6.22. The number of allylic oxidation sites excluding steroid dienone is 6. The van der Waals surface area contributed by atoms with Gasteiger partial charge in [-0.25, -0.2) is 0 Å². The summed E-state index contributed by atoms with van der Waals surface area (Å²) in [6.07, 6.45) is 11.3. The SMILES string of the molecule is C=CC/C(C)=C1/CCCC/C1=C(\C)CC=C. The molecule has 1 aliphatic carbocycles. The highest BCUT2D eigenvalue weighted by Gasteiger charge is 2.15. The molecule has 1 fully saturated rings. The summed E-state index contributed by atoms with van der Waals surface area (Å²) in [4.78, 5) is 0. The van der Waals surface area contributed by atoms with Gasteiger partial charge in [0.15, 0.2) is 0 Å². The Morgan fingerprint density at radius 2 is 1.31 bits per heavy atom. The molecular formula is C16H24. The van der Waals surface area contributed by atoms with Gasteiger partial charge in [-0.15, -0.1) is 13.2 Å². The first-order valence-corrected chi connectivity index (χ1v) is 6.30. The first-order valence-electron chi connectivity index (χ1n) is 6.30. The molecule has 0 amide bonds. The summed E-state index contributed by atoms with van der Waals surface area (Å²) < 4.78 is 0. The van der Waals surface area contributed by atoms with Crippen molar-refractivity contribution in [3.63, 3.8) is 0 Å². The molecule has 0 radical (unpaired) electrons. The van der Waals surface area contributed by atoms with Gasteiger partial charge in [-0.1, -0.05) is 23.3 Å². The minimum absolute atomic E-state index is 1.03. The monoisotopic (exact) mass is 216 g/mol. The zero-order valence-electron chi connectivity index (χ0n) is 10.8. The van der Waals surface area contributed by atoms with Crippen LogP contribution in [0, 0.1) is 0 Å². The lowest BCUT2D eigenvalue weighted by Crippen LogP contribution is -2.03. The van der Waals surface area contributed by atoms with E-state index < -0.39 is 0 Å². The van der Waals surface area contributed by atoms with Gasteiger partial charge in [-0.05, 0) is 63.5 Å². The van der Waals surface area contributed by atoms with Crippen LogP contribution in [0.3, 0.4) is 0 Å². The van der Waals surface area contributed by atoms with Crippen LogP contribution in [-0.4, -0.2) is 0 Å². The largest absolute Gasteiger partial charge is 0.103 e. The number of hydrogen-bond acceptors (Lipinski definition) is 0. The van der Waals surface area contributed by atoms with Crippen LogP contribution in [0.2, 0.25) is 0 Å². The van der Waals surface area contributed by atoms with E-state index in [-0.39, 0.29) is 0 Å². The van der Waals surface area contributed by atoms with Gasteiger partial charge < -0.3 is 0 Å². The second-order valence-electron chi connectivity index (χ2n) is 4.71. The predicted molar refractivity (Wildman–Crippen MR) is 73.5 cm³/mol. The molecule has 0 aliphatic heterocycles. The zero-order chi connectivity index (χ0) is 12.0. The van der Waals surface area contributed by atoms with Crippen LogP contribution in [0.5, 0.6) is 0 Å². The van der Waals surface area contributed by atoms with E-state index in [1.807, 2.05) is 12.2 Å². The van der Waals surface area contributed by atoms with Crippen LogP contribution in [-0.2, 0) is 0 Å². The summed E-state index contributed by atoms with van der Waals surface area (Å²) in [5, 5.41) is 0. The molecule has 0 nitrogen and oxygen atoms in total. The fraction of sp³-hybridized carbons (Fsp3) is 0.500. The van der Waals surface area contributed by atoms with Crippen LogP contribution in [0.25, 0.3) is 0 Å². The average molecular weight is 216 g/mol. The Morgan fingerprint density at radius 1 is 0.938 bits per heavy atom. The third-order valence-electron chi connectivity index (χ3n) is 3.40. The Bertz CT molecular complexity index is 292. The van der Waals surface area contributed by atoms with Gasteiger partial charge in [-0.3, -0.25) is 0 Å². The first kappa shape index (κ1) is 13.0. The minimum atomic E-state index is 1.03. The van der Waals surface area contributed by atoms with Crippen LogP contribution in [0.1, 0.15) is 52.4 Å². The lowest BCUT2D eigenvalue weighted by atomic mass is 9.83. The highest BCUT2D eigenvalue weighted by atomic mass is 14.2. The van der Waals surface area contributed by atoms with Crippen LogP contribution in [0.15, 0.2) is 47.6 Å². The molecule has 0 unspecified atom stereocenters. The topological polar surface area (TPSA) is 0 Å². The Kier molecular flexibility index (Phi) is 5.31. The standard InChI is InChI=1S/C16H24/c1-5-9-13(3)15-11-7-8-12-16(15)14(4)10-6-2/h5-6H,1-2,7-12H2,3-4H3/b15-13-,16-14-. The maximum absolute atomic E-state index is 3.84. The smallest absolute Gasteiger partial charge is 0.0138 e. The molecular weight excluding hydrogens is 192 g/mol. The van der Waals surface area contributed by atoms with Crippen LogP contribution >= 0.6 is 0 Å². The summed E-state index contributed by atoms with van der Waals surface area (Å²) in [6.45, 7) is 12.2. The molecule has 0 saturated heterocycles. The van der Waals surface area contributed by atoms with Crippen molar-refractivity contribution in [3.8, 4) is 0 Å². The van der Waals surface area contributed by atoms with Gasteiger partial charge in [0.2, 0.25) is 0 Å². The third kappa shape index (κ3) is 3.23. The maximum atomic E-state index is 3.84. The fourth-order valence-electron chi connectivity index (χ4n) is 2.53.